The molecule has 1 amide bonds. The van der Waals surface area contributed by atoms with Crippen LogP contribution >= 0.6 is 0 Å². The molecule has 7 heteroatoms. The molecule has 0 aliphatic carbocycles. The molecule has 0 bridgehead atoms. The number of likely N-dealkylation sites (tertiary alicyclic amines) is 1. The SMILES string of the molecule is COc1ccc(C2CCCN2C(=O)CCc2nc(-c3ccc(C)cc3)no2)c(OC)c1. The first kappa shape index (κ1) is 20.9. The molecular formula is C24H27N3O4. The fourth-order valence-corrected chi connectivity index (χ4v) is 4.02. The van der Waals surface area contributed by atoms with Gasteiger partial charge in [-0.3, -0.25) is 4.79 Å². The van der Waals surface area contributed by atoms with Crippen molar-refractivity contribution in [3.05, 3.63) is 59.5 Å². The van der Waals surface area contributed by atoms with E-state index in [9.17, 15) is 4.79 Å². The number of benzene rings is 2. The van der Waals surface area contributed by atoms with Gasteiger partial charge in [-0.2, -0.15) is 4.98 Å². The average molecular weight is 421 g/mol. The van der Waals surface area contributed by atoms with Gasteiger partial charge < -0.3 is 18.9 Å². The van der Waals surface area contributed by atoms with E-state index in [1.807, 2.05) is 54.3 Å². The van der Waals surface area contributed by atoms with Crippen LogP contribution in [0.1, 0.15) is 42.3 Å². The summed E-state index contributed by atoms with van der Waals surface area (Å²) in [4.78, 5) is 19.4. The summed E-state index contributed by atoms with van der Waals surface area (Å²) in [5, 5.41) is 4.05. The number of ether oxygens (including phenoxy) is 2. The maximum absolute atomic E-state index is 13.0. The Balaban J connectivity index is 1.42. The third-order valence-corrected chi connectivity index (χ3v) is 5.70. The van der Waals surface area contributed by atoms with Crippen molar-refractivity contribution in [3.8, 4) is 22.9 Å². The van der Waals surface area contributed by atoms with Gasteiger partial charge in [-0.25, -0.2) is 0 Å². The molecule has 0 saturated carbocycles. The molecular weight excluding hydrogens is 394 g/mol. The number of nitrogens with zero attached hydrogens (tertiary/aromatic N) is 3. The van der Waals surface area contributed by atoms with Crippen LogP contribution in [0.5, 0.6) is 11.5 Å². The van der Waals surface area contributed by atoms with Crippen LogP contribution in [0.15, 0.2) is 47.0 Å². The van der Waals surface area contributed by atoms with E-state index >= 15 is 0 Å². The van der Waals surface area contributed by atoms with Gasteiger partial charge in [-0.05, 0) is 31.9 Å². The van der Waals surface area contributed by atoms with Crippen LogP contribution in [0.3, 0.4) is 0 Å². The smallest absolute Gasteiger partial charge is 0.227 e. The molecule has 1 atom stereocenters. The molecule has 1 aliphatic rings. The minimum absolute atomic E-state index is 0.000777. The average Bonchev–Trinajstić information content (AvgIpc) is 3.47. The summed E-state index contributed by atoms with van der Waals surface area (Å²) >= 11 is 0. The number of methoxy groups -OCH3 is 2. The summed E-state index contributed by atoms with van der Waals surface area (Å²) in [5.74, 6) is 2.57. The lowest BCUT2D eigenvalue weighted by Crippen LogP contribution is -2.31. The molecule has 2 heterocycles. The van der Waals surface area contributed by atoms with Crippen LogP contribution in [-0.4, -0.2) is 41.7 Å². The molecule has 1 aliphatic heterocycles. The first-order valence-electron chi connectivity index (χ1n) is 10.5. The van der Waals surface area contributed by atoms with Crippen LogP contribution in [-0.2, 0) is 11.2 Å². The number of carbonyl (C=O) groups is 1. The van der Waals surface area contributed by atoms with Crippen molar-refractivity contribution in [3.63, 3.8) is 0 Å². The van der Waals surface area contributed by atoms with Gasteiger partial charge in [0.2, 0.25) is 17.6 Å². The number of rotatable bonds is 7. The summed E-state index contributed by atoms with van der Waals surface area (Å²) in [7, 11) is 3.27. The predicted octanol–water partition coefficient (Wildman–Crippen LogP) is 4.36. The molecule has 31 heavy (non-hydrogen) atoms. The Kier molecular flexibility index (Phi) is 6.21. The second kappa shape index (κ2) is 9.20. The summed E-state index contributed by atoms with van der Waals surface area (Å²) in [6.07, 6.45) is 2.61. The van der Waals surface area contributed by atoms with Gasteiger partial charge in [0.15, 0.2) is 0 Å². The maximum Gasteiger partial charge on any atom is 0.227 e. The third kappa shape index (κ3) is 4.55. The topological polar surface area (TPSA) is 77.7 Å². The van der Waals surface area contributed by atoms with Gasteiger partial charge in [0.25, 0.3) is 0 Å². The molecule has 0 radical (unpaired) electrons. The Hall–Kier alpha value is -3.35. The van der Waals surface area contributed by atoms with Gasteiger partial charge in [-0.1, -0.05) is 35.0 Å². The minimum Gasteiger partial charge on any atom is -0.497 e. The van der Waals surface area contributed by atoms with Gasteiger partial charge >= 0.3 is 0 Å². The van der Waals surface area contributed by atoms with E-state index in [-0.39, 0.29) is 11.9 Å². The van der Waals surface area contributed by atoms with Crippen LogP contribution in [0.25, 0.3) is 11.4 Å². The molecule has 0 spiro atoms. The molecule has 162 valence electrons. The van der Waals surface area contributed by atoms with E-state index in [4.69, 9.17) is 14.0 Å². The normalized spacial score (nSPS) is 15.8. The molecule has 4 rings (SSSR count). The van der Waals surface area contributed by atoms with E-state index in [0.29, 0.717) is 24.6 Å². The van der Waals surface area contributed by atoms with E-state index in [1.165, 1.54) is 5.56 Å². The Morgan fingerprint density at radius 1 is 1.16 bits per heavy atom. The summed E-state index contributed by atoms with van der Waals surface area (Å²) < 4.78 is 16.2. The minimum atomic E-state index is -0.000777. The van der Waals surface area contributed by atoms with Gasteiger partial charge in [0.05, 0.1) is 20.3 Å². The van der Waals surface area contributed by atoms with Crippen molar-refractivity contribution < 1.29 is 18.8 Å². The first-order valence-corrected chi connectivity index (χ1v) is 10.5. The van der Waals surface area contributed by atoms with Crippen LogP contribution in [0.4, 0.5) is 0 Å². The first-order chi connectivity index (χ1) is 15.1. The van der Waals surface area contributed by atoms with Crippen molar-refractivity contribution in [2.24, 2.45) is 0 Å². The zero-order valence-electron chi connectivity index (χ0n) is 18.1. The molecule has 1 unspecified atom stereocenters. The number of hydrogen-bond donors (Lipinski definition) is 0. The lowest BCUT2D eigenvalue weighted by atomic mass is 10.0. The fraction of sp³-hybridized carbons (Fsp3) is 0.375. The molecule has 3 aromatic rings. The van der Waals surface area contributed by atoms with Gasteiger partial charge in [0, 0.05) is 36.6 Å². The highest BCUT2D eigenvalue weighted by molar-refractivity contribution is 5.77. The monoisotopic (exact) mass is 421 g/mol. The van der Waals surface area contributed by atoms with Crippen LogP contribution in [0.2, 0.25) is 0 Å². The Morgan fingerprint density at radius 3 is 2.71 bits per heavy atom. The summed E-state index contributed by atoms with van der Waals surface area (Å²) in [5.41, 5.74) is 3.08. The van der Waals surface area contributed by atoms with Crippen molar-refractivity contribution in [1.29, 1.82) is 0 Å². The molecule has 2 aromatic carbocycles. The van der Waals surface area contributed by atoms with E-state index in [0.717, 1.165) is 42.0 Å². The number of hydrogen-bond acceptors (Lipinski definition) is 6. The molecule has 1 aromatic heterocycles. The molecule has 0 N–H and O–H groups in total. The second-order valence-electron chi connectivity index (χ2n) is 7.73. The number of amides is 1. The number of aromatic nitrogens is 2. The van der Waals surface area contributed by atoms with Crippen molar-refractivity contribution in [2.45, 2.75) is 38.6 Å². The zero-order chi connectivity index (χ0) is 21.8. The Labute approximate surface area is 182 Å². The summed E-state index contributed by atoms with van der Waals surface area (Å²) in [6, 6.07) is 13.7. The van der Waals surface area contributed by atoms with Crippen LogP contribution in [0, 0.1) is 6.92 Å². The standard InChI is InChI=1S/C24H27N3O4/c1-16-6-8-17(9-7-16)24-25-22(31-26-24)12-13-23(28)27-14-4-5-20(27)19-11-10-18(29-2)15-21(19)30-3/h6-11,15,20H,4-5,12-14H2,1-3H3. The van der Waals surface area contributed by atoms with Crippen molar-refractivity contribution in [2.75, 3.05) is 20.8 Å². The van der Waals surface area contributed by atoms with E-state index < -0.39 is 0 Å². The van der Waals surface area contributed by atoms with Crippen molar-refractivity contribution >= 4 is 5.91 Å². The Morgan fingerprint density at radius 2 is 1.97 bits per heavy atom. The highest BCUT2D eigenvalue weighted by atomic mass is 16.5. The molecule has 7 nitrogen and oxygen atoms in total. The lowest BCUT2D eigenvalue weighted by molar-refractivity contribution is -0.132. The summed E-state index contributed by atoms with van der Waals surface area (Å²) in [6.45, 7) is 2.77. The second-order valence-corrected chi connectivity index (χ2v) is 7.73. The quantitative estimate of drug-likeness (QED) is 0.564. The lowest BCUT2D eigenvalue weighted by Gasteiger charge is -2.26. The largest absolute Gasteiger partial charge is 0.497 e. The van der Waals surface area contributed by atoms with Crippen molar-refractivity contribution in [1.82, 2.24) is 15.0 Å². The molecule has 1 fully saturated rings. The van der Waals surface area contributed by atoms with E-state index in [1.54, 1.807) is 14.2 Å². The van der Waals surface area contributed by atoms with Gasteiger partial charge in [0.1, 0.15) is 11.5 Å². The predicted molar refractivity (Wildman–Crippen MR) is 116 cm³/mol. The van der Waals surface area contributed by atoms with E-state index in [2.05, 4.69) is 10.1 Å². The Bertz CT molecular complexity index is 1050. The van der Waals surface area contributed by atoms with Gasteiger partial charge in [-0.15, -0.1) is 0 Å². The van der Waals surface area contributed by atoms with Crippen LogP contribution < -0.4 is 9.47 Å². The highest BCUT2D eigenvalue weighted by Crippen LogP contribution is 2.39. The maximum atomic E-state index is 13.0. The molecule has 1 saturated heterocycles. The number of carbonyl (C=O) groups excluding carboxylic acids is 1. The highest BCUT2D eigenvalue weighted by Gasteiger charge is 2.32. The third-order valence-electron chi connectivity index (χ3n) is 5.70. The number of aryl methyl sites for hydroxylation is 2. The zero-order valence-corrected chi connectivity index (χ0v) is 18.1. The fourth-order valence-electron chi connectivity index (χ4n) is 4.02.